The summed E-state index contributed by atoms with van der Waals surface area (Å²) in [6, 6.07) is 8.92. The van der Waals surface area contributed by atoms with Gasteiger partial charge in [-0.2, -0.15) is 4.99 Å². The van der Waals surface area contributed by atoms with Crippen LogP contribution in [-0.4, -0.2) is 45.0 Å². The van der Waals surface area contributed by atoms with E-state index in [-0.39, 0.29) is 18.5 Å². The molecule has 1 aromatic heterocycles. The van der Waals surface area contributed by atoms with Gasteiger partial charge in [-0.25, -0.2) is 0 Å². The Morgan fingerprint density at radius 2 is 1.55 bits per heavy atom. The number of imidazole rings is 1. The molecule has 2 fully saturated rings. The van der Waals surface area contributed by atoms with Crippen molar-refractivity contribution in [2.24, 2.45) is 10.7 Å². The lowest BCUT2D eigenvalue weighted by Gasteiger charge is -2.39. The molecular weight excluding hydrogens is 390 g/mol. The van der Waals surface area contributed by atoms with Crippen LogP contribution in [0.5, 0.6) is 0 Å². The number of amides is 2. The molecule has 4 rings (SSSR count). The Balaban J connectivity index is 1.64. The number of hydrogen-bond donors (Lipinski definition) is 1. The third kappa shape index (κ3) is 4.92. The molecule has 2 heterocycles. The third-order valence-corrected chi connectivity index (χ3v) is 6.92. The van der Waals surface area contributed by atoms with Crippen LogP contribution in [0.3, 0.4) is 0 Å². The monoisotopic (exact) mass is 425 g/mol. The number of piperidine rings is 1. The molecule has 31 heavy (non-hydrogen) atoms. The standard InChI is InChI=1S/C24H35N5O2/c1-18(30)26-24-28(17-23(25)31)21-11-7-8-12-22(21)29(24)20-13-15-27(16-14-20)19-9-5-3-2-4-6-10-19/h7-8,11-12,19-20H,2-6,9-10,13-17H2,1H3,(H2,25,31)/b26-24+. The smallest absolute Gasteiger partial charge is 0.245 e. The first-order valence-electron chi connectivity index (χ1n) is 11.8. The summed E-state index contributed by atoms with van der Waals surface area (Å²) in [5, 5.41) is 0. The van der Waals surface area contributed by atoms with Gasteiger partial charge in [0.25, 0.3) is 0 Å². The first-order valence-corrected chi connectivity index (χ1v) is 11.8. The van der Waals surface area contributed by atoms with Crippen LogP contribution < -0.4 is 11.4 Å². The Labute approximate surface area is 183 Å². The van der Waals surface area contributed by atoms with E-state index in [1.807, 2.05) is 24.3 Å². The number of carbonyl (C=O) groups is 2. The van der Waals surface area contributed by atoms with Crippen LogP contribution >= 0.6 is 0 Å². The number of nitrogens with zero attached hydrogens (tertiary/aromatic N) is 4. The van der Waals surface area contributed by atoms with Crippen molar-refractivity contribution in [1.29, 1.82) is 0 Å². The fourth-order valence-corrected chi connectivity index (χ4v) is 5.48. The highest BCUT2D eigenvalue weighted by Gasteiger charge is 2.28. The van der Waals surface area contributed by atoms with Gasteiger partial charge in [-0.1, -0.05) is 44.2 Å². The van der Waals surface area contributed by atoms with E-state index in [1.165, 1.54) is 51.9 Å². The van der Waals surface area contributed by atoms with Crippen molar-refractivity contribution in [2.45, 2.75) is 83.3 Å². The summed E-state index contributed by atoms with van der Waals surface area (Å²) in [5.41, 5.74) is 7.96. The summed E-state index contributed by atoms with van der Waals surface area (Å²) in [7, 11) is 0. The van der Waals surface area contributed by atoms with Gasteiger partial charge in [0, 0.05) is 32.1 Å². The van der Waals surface area contributed by atoms with E-state index >= 15 is 0 Å². The Bertz CT molecular complexity index is 989. The van der Waals surface area contributed by atoms with Gasteiger partial charge in [0.15, 0.2) is 0 Å². The van der Waals surface area contributed by atoms with Crippen molar-refractivity contribution in [3.63, 3.8) is 0 Å². The van der Waals surface area contributed by atoms with Gasteiger partial charge in [-0.3, -0.25) is 9.59 Å². The van der Waals surface area contributed by atoms with E-state index < -0.39 is 5.91 Å². The largest absolute Gasteiger partial charge is 0.368 e. The topological polar surface area (TPSA) is 85.6 Å². The molecule has 2 amide bonds. The average molecular weight is 426 g/mol. The Kier molecular flexibility index (Phi) is 6.90. The number of likely N-dealkylation sites (tertiary alicyclic amines) is 1. The van der Waals surface area contributed by atoms with Crippen LogP contribution in [0, 0.1) is 0 Å². The first kappa shape index (κ1) is 21.8. The molecule has 0 spiro atoms. The van der Waals surface area contributed by atoms with Crippen molar-refractivity contribution in [1.82, 2.24) is 14.0 Å². The van der Waals surface area contributed by atoms with Gasteiger partial charge in [-0.15, -0.1) is 0 Å². The van der Waals surface area contributed by atoms with Crippen LogP contribution in [0.4, 0.5) is 0 Å². The Hall–Kier alpha value is -2.41. The fraction of sp³-hybridized carbons (Fsp3) is 0.625. The number of rotatable bonds is 4. The highest BCUT2D eigenvalue weighted by molar-refractivity contribution is 5.81. The van der Waals surface area contributed by atoms with Crippen molar-refractivity contribution in [3.05, 3.63) is 29.9 Å². The highest BCUT2D eigenvalue weighted by atomic mass is 16.1. The summed E-state index contributed by atoms with van der Waals surface area (Å²) >= 11 is 0. The number of aromatic nitrogens is 2. The van der Waals surface area contributed by atoms with Gasteiger partial charge >= 0.3 is 0 Å². The molecular formula is C24H35N5O2. The predicted octanol–water partition coefficient (Wildman–Crippen LogP) is 3.13. The van der Waals surface area contributed by atoms with Crippen molar-refractivity contribution >= 4 is 22.8 Å². The zero-order valence-corrected chi connectivity index (χ0v) is 18.6. The average Bonchev–Trinajstić information content (AvgIpc) is 3.00. The quantitative estimate of drug-likeness (QED) is 0.817. The first-order chi connectivity index (χ1) is 15.0. The van der Waals surface area contributed by atoms with Crippen LogP contribution in [-0.2, 0) is 16.1 Å². The fourth-order valence-electron chi connectivity index (χ4n) is 5.48. The van der Waals surface area contributed by atoms with Gasteiger partial charge in [0.1, 0.15) is 6.54 Å². The maximum Gasteiger partial charge on any atom is 0.245 e. The zero-order valence-electron chi connectivity index (χ0n) is 18.6. The summed E-state index contributed by atoms with van der Waals surface area (Å²) in [6.07, 6.45) is 11.5. The van der Waals surface area contributed by atoms with E-state index in [1.54, 1.807) is 4.57 Å². The lowest BCUT2D eigenvalue weighted by atomic mass is 9.93. The molecule has 1 aliphatic carbocycles. The lowest BCUT2D eigenvalue weighted by Crippen LogP contribution is -2.44. The molecule has 0 atom stereocenters. The minimum Gasteiger partial charge on any atom is -0.368 e. The van der Waals surface area contributed by atoms with Gasteiger partial charge in [0.05, 0.1) is 11.0 Å². The maximum atomic E-state index is 12.0. The SMILES string of the molecule is CC(=O)/N=c1\n(CC(N)=O)c2ccccc2n1C1CCN(C2CCCCCCC2)CC1. The van der Waals surface area contributed by atoms with Crippen molar-refractivity contribution in [2.75, 3.05) is 13.1 Å². The highest BCUT2D eigenvalue weighted by Crippen LogP contribution is 2.30. The van der Waals surface area contributed by atoms with Crippen LogP contribution in [0.25, 0.3) is 11.0 Å². The van der Waals surface area contributed by atoms with E-state index in [4.69, 9.17) is 5.73 Å². The zero-order chi connectivity index (χ0) is 21.8. The van der Waals surface area contributed by atoms with Gasteiger partial charge in [-0.05, 0) is 37.8 Å². The number of carbonyl (C=O) groups excluding carboxylic acids is 2. The Morgan fingerprint density at radius 1 is 0.935 bits per heavy atom. The molecule has 2 N–H and O–H groups in total. The molecule has 0 unspecified atom stereocenters. The summed E-state index contributed by atoms with van der Waals surface area (Å²) in [5.74, 6) is -0.707. The van der Waals surface area contributed by atoms with Crippen LogP contribution in [0.1, 0.15) is 70.8 Å². The second-order valence-electron chi connectivity index (χ2n) is 9.11. The number of fused-ring (bicyclic) bond motifs is 1. The van der Waals surface area contributed by atoms with Gasteiger partial charge in [0.2, 0.25) is 17.4 Å². The maximum absolute atomic E-state index is 12.0. The second-order valence-corrected chi connectivity index (χ2v) is 9.11. The van der Waals surface area contributed by atoms with Crippen molar-refractivity contribution in [3.8, 4) is 0 Å². The molecule has 7 nitrogen and oxygen atoms in total. The number of nitrogens with two attached hydrogens (primary N) is 1. The number of hydrogen-bond acceptors (Lipinski definition) is 3. The summed E-state index contributed by atoms with van der Waals surface area (Å²) in [6.45, 7) is 3.60. The minimum absolute atomic E-state index is 0.0144. The molecule has 1 aromatic carbocycles. The van der Waals surface area contributed by atoms with E-state index in [0.717, 1.165) is 37.0 Å². The lowest BCUT2D eigenvalue weighted by molar-refractivity contribution is -0.119. The number of benzene rings is 1. The predicted molar refractivity (Wildman–Crippen MR) is 121 cm³/mol. The Morgan fingerprint density at radius 3 is 2.16 bits per heavy atom. The molecule has 2 aromatic rings. The van der Waals surface area contributed by atoms with Crippen LogP contribution in [0.15, 0.2) is 29.3 Å². The molecule has 1 aliphatic heterocycles. The molecule has 7 heteroatoms. The van der Waals surface area contributed by atoms with E-state index in [9.17, 15) is 9.59 Å². The number of primary amides is 1. The summed E-state index contributed by atoms with van der Waals surface area (Å²) in [4.78, 5) is 30.7. The normalized spacial score (nSPS) is 20.6. The molecule has 2 aliphatic rings. The van der Waals surface area contributed by atoms with Crippen LogP contribution in [0.2, 0.25) is 0 Å². The molecule has 168 valence electrons. The molecule has 0 bridgehead atoms. The van der Waals surface area contributed by atoms with Crippen molar-refractivity contribution < 1.29 is 9.59 Å². The van der Waals surface area contributed by atoms with E-state index in [0.29, 0.717) is 11.7 Å². The minimum atomic E-state index is -0.438. The van der Waals surface area contributed by atoms with E-state index in [2.05, 4.69) is 14.5 Å². The second kappa shape index (κ2) is 9.81. The molecule has 1 saturated heterocycles. The molecule has 0 radical (unpaired) electrons. The number of para-hydroxylation sites is 2. The molecule has 1 saturated carbocycles. The summed E-state index contributed by atoms with van der Waals surface area (Å²) < 4.78 is 3.97. The third-order valence-electron chi connectivity index (χ3n) is 6.92. The van der Waals surface area contributed by atoms with Gasteiger partial charge < -0.3 is 19.8 Å².